The predicted octanol–water partition coefficient (Wildman–Crippen LogP) is 2.00. The number of methoxy groups -OCH3 is 1. The van der Waals surface area contributed by atoms with Gasteiger partial charge < -0.3 is 4.74 Å². The van der Waals surface area contributed by atoms with Gasteiger partial charge in [-0.1, -0.05) is 23.7 Å². The van der Waals surface area contributed by atoms with E-state index < -0.39 is 0 Å². The van der Waals surface area contributed by atoms with E-state index in [9.17, 15) is 0 Å². The van der Waals surface area contributed by atoms with E-state index >= 15 is 0 Å². The number of hydrogen-bond acceptors (Lipinski definition) is 5. The molecule has 19 heavy (non-hydrogen) atoms. The summed E-state index contributed by atoms with van der Waals surface area (Å²) in [6.07, 6.45) is 3.17. The lowest BCUT2D eigenvalue weighted by Crippen LogP contribution is -2.30. The van der Waals surface area contributed by atoms with Crippen molar-refractivity contribution in [2.24, 2.45) is 5.84 Å². The molecular weight excluding hydrogens is 264 g/mol. The van der Waals surface area contributed by atoms with Crippen LogP contribution in [0.2, 0.25) is 5.02 Å². The average Bonchev–Trinajstić information content (AvgIpc) is 2.45. The molecule has 0 spiro atoms. The number of halogens is 1. The fourth-order valence-electron chi connectivity index (χ4n) is 1.94. The van der Waals surface area contributed by atoms with Crippen molar-refractivity contribution >= 4 is 11.6 Å². The van der Waals surface area contributed by atoms with Crippen LogP contribution >= 0.6 is 11.6 Å². The van der Waals surface area contributed by atoms with Crippen molar-refractivity contribution in [2.75, 3.05) is 7.11 Å². The molecule has 1 atom stereocenters. The van der Waals surface area contributed by atoms with Crippen molar-refractivity contribution in [3.05, 3.63) is 52.4 Å². The molecule has 3 N–H and O–H groups in total. The standard InChI is InChI=1S/C13H15ClN4O/c1-8-9(4-3-5-10(8)14)11(18-15)12-13(19-2)17-7-6-16-12/h3-7,11,18H,15H2,1-2H3. The SMILES string of the molecule is COc1nccnc1C(NN)c1cccc(Cl)c1C. The molecule has 1 heterocycles. The molecule has 6 heteroatoms. The van der Waals surface area contributed by atoms with Crippen molar-refractivity contribution in [1.29, 1.82) is 0 Å². The van der Waals surface area contributed by atoms with Crippen molar-refractivity contribution in [3.63, 3.8) is 0 Å². The first-order valence-corrected chi connectivity index (χ1v) is 6.12. The van der Waals surface area contributed by atoms with E-state index in [4.69, 9.17) is 22.2 Å². The predicted molar refractivity (Wildman–Crippen MR) is 73.9 cm³/mol. The number of nitrogens with zero attached hydrogens (tertiary/aromatic N) is 2. The first-order valence-electron chi connectivity index (χ1n) is 5.75. The summed E-state index contributed by atoms with van der Waals surface area (Å²) in [6, 6.07) is 5.32. The minimum atomic E-state index is -0.331. The van der Waals surface area contributed by atoms with E-state index in [0.29, 0.717) is 16.6 Å². The molecule has 100 valence electrons. The van der Waals surface area contributed by atoms with Crippen molar-refractivity contribution in [3.8, 4) is 5.88 Å². The highest BCUT2D eigenvalue weighted by atomic mass is 35.5. The Morgan fingerprint density at radius 3 is 2.74 bits per heavy atom. The van der Waals surface area contributed by atoms with Crippen LogP contribution < -0.4 is 16.0 Å². The molecule has 0 bridgehead atoms. The van der Waals surface area contributed by atoms with Crippen LogP contribution in [0.3, 0.4) is 0 Å². The number of hydrazine groups is 1. The van der Waals surface area contributed by atoms with Crippen LogP contribution in [-0.4, -0.2) is 17.1 Å². The van der Waals surface area contributed by atoms with E-state index in [1.54, 1.807) is 19.5 Å². The van der Waals surface area contributed by atoms with Gasteiger partial charge in [-0.25, -0.2) is 10.4 Å². The van der Waals surface area contributed by atoms with Crippen molar-refractivity contribution in [2.45, 2.75) is 13.0 Å². The minimum Gasteiger partial charge on any atom is -0.480 e. The Morgan fingerprint density at radius 1 is 1.32 bits per heavy atom. The lowest BCUT2D eigenvalue weighted by atomic mass is 9.99. The quantitative estimate of drug-likeness (QED) is 0.661. The lowest BCUT2D eigenvalue weighted by molar-refractivity contribution is 0.383. The summed E-state index contributed by atoms with van der Waals surface area (Å²) < 4.78 is 5.22. The van der Waals surface area contributed by atoms with Crippen LogP contribution in [0.25, 0.3) is 0 Å². The summed E-state index contributed by atoms with van der Waals surface area (Å²) in [5.41, 5.74) is 5.24. The number of nitrogens with two attached hydrogens (primary N) is 1. The zero-order valence-electron chi connectivity index (χ0n) is 10.7. The first kappa shape index (κ1) is 13.7. The Bertz CT molecular complexity index is 576. The molecule has 0 fully saturated rings. The molecule has 1 unspecified atom stereocenters. The Morgan fingerprint density at radius 2 is 2.05 bits per heavy atom. The van der Waals surface area contributed by atoms with Gasteiger partial charge >= 0.3 is 0 Å². The second-order valence-corrected chi connectivity index (χ2v) is 4.41. The molecule has 0 saturated heterocycles. The highest BCUT2D eigenvalue weighted by molar-refractivity contribution is 6.31. The van der Waals surface area contributed by atoms with Gasteiger partial charge in [0.2, 0.25) is 5.88 Å². The normalized spacial score (nSPS) is 12.2. The van der Waals surface area contributed by atoms with E-state index in [1.807, 2.05) is 25.1 Å². The molecule has 2 rings (SSSR count). The second-order valence-electron chi connectivity index (χ2n) is 4.00. The van der Waals surface area contributed by atoms with Crippen molar-refractivity contribution in [1.82, 2.24) is 15.4 Å². The third-order valence-electron chi connectivity index (χ3n) is 2.95. The maximum atomic E-state index is 6.14. The summed E-state index contributed by atoms with van der Waals surface area (Å²) in [5, 5.41) is 0.681. The van der Waals surface area contributed by atoms with Gasteiger partial charge in [0.1, 0.15) is 5.69 Å². The highest BCUT2D eigenvalue weighted by Crippen LogP contribution is 2.30. The van der Waals surface area contributed by atoms with E-state index in [2.05, 4.69) is 15.4 Å². The average molecular weight is 279 g/mol. The van der Waals surface area contributed by atoms with Crippen molar-refractivity contribution < 1.29 is 4.74 Å². The third-order valence-corrected chi connectivity index (χ3v) is 3.35. The van der Waals surface area contributed by atoms with E-state index in [-0.39, 0.29) is 6.04 Å². The first-order chi connectivity index (χ1) is 9.19. The highest BCUT2D eigenvalue weighted by Gasteiger charge is 2.21. The van der Waals surface area contributed by atoms with Crippen LogP contribution in [-0.2, 0) is 0 Å². The van der Waals surface area contributed by atoms with Gasteiger partial charge in [0.05, 0.1) is 13.2 Å². The van der Waals surface area contributed by atoms with Gasteiger partial charge in [-0.15, -0.1) is 0 Å². The summed E-state index contributed by atoms with van der Waals surface area (Å²) >= 11 is 6.14. The number of rotatable bonds is 4. The fraction of sp³-hybridized carbons (Fsp3) is 0.231. The largest absolute Gasteiger partial charge is 0.480 e. The van der Waals surface area contributed by atoms with Gasteiger partial charge in [-0.2, -0.15) is 0 Å². The Labute approximate surface area is 116 Å². The molecule has 0 aliphatic heterocycles. The maximum absolute atomic E-state index is 6.14. The van der Waals surface area contributed by atoms with Crippen LogP contribution in [0, 0.1) is 6.92 Å². The number of aromatic nitrogens is 2. The third kappa shape index (κ3) is 2.68. The smallest absolute Gasteiger partial charge is 0.237 e. The number of hydrogen-bond donors (Lipinski definition) is 2. The Kier molecular flexibility index (Phi) is 4.31. The van der Waals surface area contributed by atoms with Gasteiger partial charge in [0.25, 0.3) is 0 Å². The molecule has 0 aliphatic carbocycles. The Balaban J connectivity index is 2.53. The summed E-state index contributed by atoms with van der Waals surface area (Å²) in [6.45, 7) is 1.94. The molecule has 1 aromatic carbocycles. The number of ether oxygens (including phenoxy) is 1. The van der Waals surface area contributed by atoms with Gasteiger partial charge in [0, 0.05) is 17.4 Å². The molecule has 0 aliphatic rings. The molecule has 1 aromatic heterocycles. The summed E-state index contributed by atoms with van der Waals surface area (Å²) in [5.74, 6) is 6.10. The second kappa shape index (κ2) is 5.97. The Hall–Kier alpha value is -1.69. The topological polar surface area (TPSA) is 73.1 Å². The molecule has 0 radical (unpaired) electrons. The summed E-state index contributed by atoms with van der Waals surface area (Å²) in [7, 11) is 1.55. The van der Waals surface area contributed by atoms with Crippen LogP contribution in [0.1, 0.15) is 22.9 Å². The zero-order chi connectivity index (χ0) is 13.8. The van der Waals surface area contributed by atoms with E-state index in [0.717, 1.165) is 11.1 Å². The van der Waals surface area contributed by atoms with Gasteiger partial charge in [-0.05, 0) is 24.1 Å². The minimum absolute atomic E-state index is 0.331. The van der Waals surface area contributed by atoms with E-state index in [1.165, 1.54) is 0 Å². The fourth-order valence-corrected chi connectivity index (χ4v) is 2.13. The monoisotopic (exact) mass is 278 g/mol. The number of nitrogens with one attached hydrogen (secondary N) is 1. The molecule has 2 aromatic rings. The summed E-state index contributed by atoms with van der Waals surface area (Å²) in [4.78, 5) is 8.43. The van der Waals surface area contributed by atoms with Gasteiger partial charge in [0.15, 0.2) is 0 Å². The zero-order valence-corrected chi connectivity index (χ0v) is 11.5. The maximum Gasteiger partial charge on any atom is 0.237 e. The molecule has 0 saturated carbocycles. The van der Waals surface area contributed by atoms with Crippen LogP contribution in [0.4, 0.5) is 0 Å². The molecular formula is C13H15ClN4O. The molecule has 5 nitrogen and oxygen atoms in total. The van der Waals surface area contributed by atoms with Gasteiger partial charge in [-0.3, -0.25) is 10.8 Å². The van der Waals surface area contributed by atoms with Crippen LogP contribution in [0.15, 0.2) is 30.6 Å². The number of benzene rings is 1. The molecule has 0 amide bonds. The lowest BCUT2D eigenvalue weighted by Gasteiger charge is -2.19. The van der Waals surface area contributed by atoms with Crippen LogP contribution in [0.5, 0.6) is 5.88 Å².